The van der Waals surface area contributed by atoms with E-state index in [9.17, 15) is 4.79 Å². The fraction of sp³-hybridized carbons (Fsp3) is 0.350. The molecule has 0 saturated carbocycles. The number of carbonyl (C=O) groups excluding carboxylic acids is 1. The van der Waals surface area contributed by atoms with Crippen molar-refractivity contribution in [2.24, 2.45) is 0 Å². The Bertz CT molecular complexity index is 752. The zero-order valence-corrected chi connectivity index (χ0v) is 17.2. The summed E-state index contributed by atoms with van der Waals surface area (Å²) >= 11 is 3.49. The Labute approximate surface area is 163 Å². The van der Waals surface area contributed by atoms with Gasteiger partial charge in [0.25, 0.3) is 0 Å². The minimum Gasteiger partial charge on any atom is -0.496 e. The van der Waals surface area contributed by atoms with Gasteiger partial charge < -0.3 is 19.7 Å². The SMILES string of the molecule is COc1ccc(C(C)NCC(=O)N(C)Cc2ccccc2OC)cc1Br. The van der Waals surface area contributed by atoms with Crippen molar-refractivity contribution in [3.63, 3.8) is 0 Å². The van der Waals surface area contributed by atoms with Crippen molar-refractivity contribution < 1.29 is 14.3 Å². The monoisotopic (exact) mass is 420 g/mol. The van der Waals surface area contributed by atoms with Crippen LogP contribution < -0.4 is 14.8 Å². The largest absolute Gasteiger partial charge is 0.496 e. The van der Waals surface area contributed by atoms with Gasteiger partial charge in [-0.1, -0.05) is 24.3 Å². The number of carbonyl (C=O) groups is 1. The van der Waals surface area contributed by atoms with Gasteiger partial charge >= 0.3 is 0 Å². The summed E-state index contributed by atoms with van der Waals surface area (Å²) in [6.45, 7) is 2.80. The van der Waals surface area contributed by atoms with Crippen LogP contribution >= 0.6 is 15.9 Å². The fourth-order valence-electron chi connectivity index (χ4n) is 2.62. The number of amides is 1. The quantitative estimate of drug-likeness (QED) is 0.705. The molecule has 140 valence electrons. The maximum Gasteiger partial charge on any atom is 0.236 e. The molecule has 0 fully saturated rings. The van der Waals surface area contributed by atoms with Gasteiger partial charge in [-0.25, -0.2) is 0 Å². The highest BCUT2D eigenvalue weighted by Gasteiger charge is 2.14. The number of nitrogens with one attached hydrogen (secondary N) is 1. The van der Waals surface area contributed by atoms with Crippen LogP contribution in [0.1, 0.15) is 24.1 Å². The number of hydrogen-bond donors (Lipinski definition) is 1. The number of para-hydroxylation sites is 1. The zero-order chi connectivity index (χ0) is 19.1. The molecular formula is C20H25BrN2O3. The van der Waals surface area contributed by atoms with E-state index in [1.54, 1.807) is 26.2 Å². The summed E-state index contributed by atoms with van der Waals surface area (Å²) in [4.78, 5) is 14.1. The van der Waals surface area contributed by atoms with Crippen molar-refractivity contribution in [1.82, 2.24) is 10.2 Å². The minimum absolute atomic E-state index is 0.0235. The average molecular weight is 421 g/mol. The lowest BCUT2D eigenvalue weighted by Gasteiger charge is -2.21. The third-order valence-electron chi connectivity index (χ3n) is 4.26. The van der Waals surface area contributed by atoms with Crippen molar-refractivity contribution in [2.45, 2.75) is 19.5 Å². The van der Waals surface area contributed by atoms with Crippen LogP contribution in [0.4, 0.5) is 0 Å². The topological polar surface area (TPSA) is 50.8 Å². The van der Waals surface area contributed by atoms with Gasteiger partial charge in [-0.2, -0.15) is 0 Å². The summed E-state index contributed by atoms with van der Waals surface area (Å²) in [5, 5.41) is 3.27. The molecule has 0 aliphatic heterocycles. The molecule has 0 aromatic heterocycles. The molecule has 0 aliphatic rings. The Hall–Kier alpha value is -2.05. The molecule has 2 rings (SSSR count). The van der Waals surface area contributed by atoms with Crippen molar-refractivity contribution in [3.05, 3.63) is 58.1 Å². The van der Waals surface area contributed by atoms with Crippen LogP contribution in [0, 0.1) is 0 Å². The second-order valence-electron chi connectivity index (χ2n) is 6.06. The number of ether oxygens (including phenoxy) is 2. The Kier molecular flexibility index (Phi) is 7.48. The van der Waals surface area contributed by atoms with Crippen LogP contribution in [0.2, 0.25) is 0 Å². The van der Waals surface area contributed by atoms with Crippen LogP contribution in [0.15, 0.2) is 46.9 Å². The van der Waals surface area contributed by atoms with Gasteiger partial charge in [-0.3, -0.25) is 4.79 Å². The van der Waals surface area contributed by atoms with E-state index in [1.165, 1.54) is 0 Å². The Balaban J connectivity index is 1.91. The second kappa shape index (κ2) is 9.59. The van der Waals surface area contributed by atoms with Gasteiger partial charge in [0, 0.05) is 25.2 Å². The lowest BCUT2D eigenvalue weighted by atomic mass is 10.1. The molecule has 0 aliphatic carbocycles. The fourth-order valence-corrected chi connectivity index (χ4v) is 3.18. The van der Waals surface area contributed by atoms with E-state index in [2.05, 4.69) is 21.2 Å². The van der Waals surface area contributed by atoms with Gasteiger partial charge in [0.1, 0.15) is 11.5 Å². The van der Waals surface area contributed by atoms with Crippen LogP contribution in [0.25, 0.3) is 0 Å². The summed E-state index contributed by atoms with van der Waals surface area (Å²) in [6, 6.07) is 13.7. The number of halogens is 1. The third kappa shape index (κ3) is 5.22. The minimum atomic E-state index is 0.0235. The van der Waals surface area contributed by atoms with Crippen LogP contribution in [-0.2, 0) is 11.3 Å². The molecule has 0 spiro atoms. The number of likely N-dealkylation sites (N-methyl/N-ethyl adjacent to an activating group) is 1. The van der Waals surface area contributed by atoms with Gasteiger partial charge in [0.15, 0.2) is 0 Å². The summed E-state index contributed by atoms with van der Waals surface area (Å²) in [5.74, 6) is 1.60. The van der Waals surface area contributed by atoms with Crippen LogP contribution in [-0.4, -0.2) is 38.6 Å². The number of methoxy groups -OCH3 is 2. The summed E-state index contributed by atoms with van der Waals surface area (Å²) in [5.41, 5.74) is 2.07. The van der Waals surface area contributed by atoms with E-state index in [0.717, 1.165) is 27.1 Å². The van der Waals surface area contributed by atoms with E-state index >= 15 is 0 Å². The second-order valence-corrected chi connectivity index (χ2v) is 6.91. The summed E-state index contributed by atoms with van der Waals surface area (Å²) in [6.07, 6.45) is 0. The van der Waals surface area contributed by atoms with Crippen molar-refractivity contribution in [1.29, 1.82) is 0 Å². The van der Waals surface area contributed by atoms with Crippen molar-refractivity contribution >= 4 is 21.8 Å². The first-order valence-electron chi connectivity index (χ1n) is 8.39. The molecule has 0 radical (unpaired) electrons. The molecule has 5 nitrogen and oxygen atoms in total. The number of hydrogen-bond acceptors (Lipinski definition) is 4. The Morgan fingerprint density at radius 2 is 1.85 bits per heavy atom. The van der Waals surface area contributed by atoms with E-state index in [4.69, 9.17) is 9.47 Å². The highest BCUT2D eigenvalue weighted by molar-refractivity contribution is 9.10. The predicted molar refractivity (Wildman–Crippen MR) is 107 cm³/mol. The van der Waals surface area contributed by atoms with E-state index in [0.29, 0.717) is 6.54 Å². The molecule has 0 heterocycles. The van der Waals surface area contributed by atoms with Gasteiger partial charge in [0.05, 0.1) is 25.2 Å². The zero-order valence-electron chi connectivity index (χ0n) is 15.6. The molecule has 1 N–H and O–H groups in total. The van der Waals surface area contributed by atoms with Crippen molar-refractivity contribution in [3.8, 4) is 11.5 Å². The molecule has 26 heavy (non-hydrogen) atoms. The van der Waals surface area contributed by atoms with E-state index in [1.807, 2.05) is 49.4 Å². The third-order valence-corrected chi connectivity index (χ3v) is 4.88. The standard InChI is InChI=1S/C20H25BrN2O3/c1-14(15-9-10-19(26-4)17(21)11-15)22-12-20(24)23(2)13-16-7-5-6-8-18(16)25-3/h5-11,14,22H,12-13H2,1-4H3. The Morgan fingerprint density at radius 3 is 2.50 bits per heavy atom. The molecule has 1 amide bonds. The first-order chi connectivity index (χ1) is 12.5. The van der Waals surface area contributed by atoms with Crippen molar-refractivity contribution in [2.75, 3.05) is 27.8 Å². The number of nitrogens with zero attached hydrogens (tertiary/aromatic N) is 1. The molecule has 1 unspecified atom stereocenters. The molecule has 1 atom stereocenters. The molecular weight excluding hydrogens is 396 g/mol. The molecule has 6 heteroatoms. The lowest BCUT2D eigenvalue weighted by Crippen LogP contribution is -2.36. The van der Waals surface area contributed by atoms with E-state index < -0.39 is 0 Å². The van der Waals surface area contributed by atoms with Crippen LogP contribution in [0.3, 0.4) is 0 Å². The maximum atomic E-state index is 12.4. The predicted octanol–water partition coefficient (Wildman–Crippen LogP) is 3.78. The van der Waals surface area contributed by atoms with Gasteiger partial charge in [-0.15, -0.1) is 0 Å². The highest BCUT2D eigenvalue weighted by atomic mass is 79.9. The summed E-state index contributed by atoms with van der Waals surface area (Å²) in [7, 11) is 5.07. The average Bonchev–Trinajstić information content (AvgIpc) is 2.66. The number of rotatable bonds is 8. The molecule has 0 bridgehead atoms. The first-order valence-corrected chi connectivity index (χ1v) is 9.18. The van der Waals surface area contributed by atoms with E-state index in [-0.39, 0.29) is 18.5 Å². The first kappa shape index (κ1) is 20.3. The molecule has 2 aromatic rings. The van der Waals surface area contributed by atoms with Crippen LogP contribution in [0.5, 0.6) is 11.5 Å². The van der Waals surface area contributed by atoms with Gasteiger partial charge in [-0.05, 0) is 46.6 Å². The maximum absolute atomic E-state index is 12.4. The van der Waals surface area contributed by atoms with Gasteiger partial charge in [0.2, 0.25) is 5.91 Å². The highest BCUT2D eigenvalue weighted by Crippen LogP contribution is 2.28. The number of benzene rings is 2. The Morgan fingerprint density at radius 1 is 1.15 bits per heavy atom. The molecule has 2 aromatic carbocycles. The summed E-state index contributed by atoms with van der Waals surface area (Å²) < 4.78 is 11.5. The smallest absolute Gasteiger partial charge is 0.236 e. The normalized spacial score (nSPS) is 11.7. The lowest BCUT2D eigenvalue weighted by molar-refractivity contribution is -0.129. The molecule has 0 saturated heterocycles.